The number of benzene rings is 1. The number of nitrogens with zero attached hydrogens (tertiary/aromatic N) is 4. The van der Waals surface area contributed by atoms with E-state index < -0.39 is 11.7 Å². The van der Waals surface area contributed by atoms with Crippen molar-refractivity contribution in [3.05, 3.63) is 40.5 Å². The highest BCUT2D eigenvalue weighted by molar-refractivity contribution is 7.99. The zero-order valence-electron chi connectivity index (χ0n) is 17.2. The Morgan fingerprint density at radius 1 is 1.22 bits per heavy atom. The lowest BCUT2D eigenvalue weighted by molar-refractivity contribution is -0.129. The average molecular weight is 486 g/mol. The van der Waals surface area contributed by atoms with Crippen molar-refractivity contribution in [1.82, 2.24) is 25.3 Å². The van der Waals surface area contributed by atoms with Crippen molar-refractivity contribution in [2.24, 2.45) is 0 Å². The van der Waals surface area contributed by atoms with Gasteiger partial charge in [-0.15, -0.1) is 10.2 Å². The van der Waals surface area contributed by atoms with Gasteiger partial charge < -0.3 is 24.3 Å². The van der Waals surface area contributed by atoms with Crippen molar-refractivity contribution in [3.8, 4) is 0 Å². The maximum Gasteiger partial charge on any atom is 0.409 e. The Hall–Kier alpha value is -2.86. The van der Waals surface area contributed by atoms with E-state index in [2.05, 4.69) is 15.5 Å². The summed E-state index contributed by atoms with van der Waals surface area (Å²) >= 11 is 6.93. The van der Waals surface area contributed by atoms with Gasteiger partial charge in [0.25, 0.3) is 11.1 Å². The first kappa shape index (κ1) is 23.8. The molecule has 1 aliphatic rings. The zero-order chi connectivity index (χ0) is 23.1. The number of hydrogen-bond donors (Lipinski definition) is 1. The first-order valence-corrected chi connectivity index (χ1v) is 11.1. The summed E-state index contributed by atoms with van der Waals surface area (Å²) in [7, 11) is 0. The van der Waals surface area contributed by atoms with Crippen LogP contribution >= 0.6 is 23.4 Å². The lowest BCUT2D eigenvalue weighted by Crippen LogP contribution is -2.51. The van der Waals surface area contributed by atoms with Gasteiger partial charge in [-0.25, -0.2) is 9.18 Å². The van der Waals surface area contributed by atoms with Gasteiger partial charge in [-0.1, -0.05) is 29.4 Å². The van der Waals surface area contributed by atoms with E-state index in [1.54, 1.807) is 16.7 Å². The van der Waals surface area contributed by atoms with Crippen molar-refractivity contribution < 1.29 is 27.9 Å². The van der Waals surface area contributed by atoms with Crippen LogP contribution in [-0.2, 0) is 16.1 Å². The number of piperazine rings is 1. The van der Waals surface area contributed by atoms with E-state index in [4.69, 9.17) is 20.8 Å². The number of rotatable bonds is 7. The molecule has 13 heteroatoms. The van der Waals surface area contributed by atoms with Crippen LogP contribution in [-0.4, -0.2) is 76.4 Å². The molecule has 0 saturated carbocycles. The summed E-state index contributed by atoms with van der Waals surface area (Å²) in [6.07, 6.45) is -0.378. The van der Waals surface area contributed by atoms with Gasteiger partial charge in [0.05, 0.1) is 29.5 Å². The Balaban J connectivity index is 1.43. The molecule has 0 aliphatic carbocycles. The van der Waals surface area contributed by atoms with Crippen molar-refractivity contribution in [1.29, 1.82) is 0 Å². The van der Waals surface area contributed by atoms with E-state index in [0.717, 1.165) is 17.8 Å². The molecule has 1 aromatic heterocycles. The minimum Gasteiger partial charge on any atom is -0.450 e. The molecular formula is C19H21ClFN5O5S. The molecule has 32 heavy (non-hydrogen) atoms. The molecule has 0 atom stereocenters. The molecule has 0 spiro atoms. The van der Waals surface area contributed by atoms with Gasteiger partial charge in [0, 0.05) is 26.2 Å². The summed E-state index contributed by atoms with van der Waals surface area (Å²) in [4.78, 5) is 39.5. The van der Waals surface area contributed by atoms with Crippen molar-refractivity contribution in [3.63, 3.8) is 0 Å². The maximum atomic E-state index is 13.8. The summed E-state index contributed by atoms with van der Waals surface area (Å²) in [5, 5.41) is 10.2. The minimum absolute atomic E-state index is 0.00845. The first-order valence-electron chi connectivity index (χ1n) is 9.76. The van der Waals surface area contributed by atoms with Gasteiger partial charge in [0.2, 0.25) is 11.8 Å². The Morgan fingerprint density at radius 3 is 2.62 bits per heavy atom. The summed E-state index contributed by atoms with van der Waals surface area (Å²) in [5.74, 6) is -1.39. The van der Waals surface area contributed by atoms with E-state index >= 15 is 0 Å². The highest BCUT2D eigenvalue weighted by atomic mass is 35.5. The van der Waals surface area contributed by atoms with Crippen LogP contribution in [0, 0.1) is 5.82 Å². The molecule has 2 aromatic rings. The number of ether oxygens (including phenoxy) is 1. The fraction of sp³-hybridized carbons (Fsp3) is 0.421. The largest absolute Gasteiger partial charge is 0.450 e. The Labute approximate surface area is 192 Å². The van der Waals surface area contributed by atoms with E-state index in [1.807, 2.05) is 0 Å². The smallest absolute Gasteiger partial charge is 0.409 e. The molecule has 3 rings (SSSR count). The maximum absolute atomic E-state index is 13.8. The number of halogens is 2. The number of amides is 3. The Kier molecular flexibility index (Phi) is 8.28. The molecule has 1 N–H and O–H groups in total. The number of aromatic nitrogens is 2. The minimum atomic E-state index is -0.738. The fourth-order valence-electron chi connectivity index (χ4n) is 2.89. The van der Waals surface area contributed by atoms with E-state index in [9.17, 15) is 18.8 Å². The van der Waals surface area contributed by atoms with Crippen LogP contribution in [0.25, 0.3) is 0 Å². The number of thioether (sulfide) groups is 1. The van der Waals surface area contributed by atoms with Crippen molar-refractivity contribution in [2.75, 3.05) is 38.5 Å². The molecule has 3 amide bonds. The van der Waals surface area contributed by atoms with Gasteiger partial charge in [-0.2, -0.15) is 0 Å². The molecule has 0 radical (unpaired) electrons. The predicted octanol–water partition coefficient (Wildman–Crippen LogP) is 2.18. The summed E-state index contributed by atoms with van der Waals surface area (Å²) in [5.41, 5.74) is -0.267. The van der Waals surface area contributed by atoms with Crippen LogP contribution < -0.4 is 5.32 Å². The van der Waals surface area contributed by atoms with Gasteiger partial charge in [0.15, 0.2) is 0 Å². The van der Waals surface area contributed by atoms with Crippen molar-refractivity contribution >= 4 is 41.3 Å². The van der Waals surface area contributed by atoms with Crippen LogP contribution in [0.1, 0.15) is 23.2 Å². The third kappa shape index (κ3) is 6.10. The summed E-state index contributed by atoms with van der Waals surface area (Å²) < 4.78 is 24.2. The van der Waals surface area contributed by atoms with Crippen LogP contribution in [0.4, 0.5) is 9.18 Å². The van der Waals surface area contributed by atoms with Crippen LogP contribution in [0.2, 0.25) is 5.02 Å². The zero-order valence-corrected chi connectivity index (χ0v) is 18.7. The molecular weight excluding hydrogens is 465 g/mol. The number of hydrogen-bond acceptors (Lipinski definition) is 8. The monoisotopic (exact) mass is 485 g/mol. The van der Waals surface area contributed by atoms with Crippen LogP contribution in [0.3, 0.4) is 0 Å². The lowest BCUT2D eigenvalue weighted by Gasteiger charge is -2.33. The van der Waals surface area contributed by atoms with E-state index in [0.29, 0.717) is 32.8 Å². The fourth-order valence-corrected chi connectivity index (χ4v) is 3.83. The van der Waals surface area contributed by atoms with Gasteiger partial charge >= 0.3 is 6.09 Å². The number of carbonyl (C=O) groups excluding carboxylic acids is 3. The number of nitrogens with one attached hydrogen (secondary N) is 1. The predicted molar refractivity (Wildman–Crippen MR) is 113 cm³/mol. The molecule has 1 aliphatic heterocycles. The molecule has 0 bridgehead atoms. The molecule has 1 saturated heterocycles. The number of carbonyl (C=O) groups is 3. The van der Waals surface area contributed by atoms with Crippen molar-refractivity contribution in [2.45, 2.75) is 18.7 Å². The van der Waals surface area contributed by atoms with E-state index in [1.165, 1.54) is 12.1 Å². The normalized spacial score (nSPS) is 13.7. The average Bonchev–Trinajstić information content (AvgIpc) is 3.24. The second-order valence-corrected chi connectivity index (χ2v) is 7.93. The third-order valence-electron chi connectivity index (χ3n) is 4.52. The van der Waals surface area contributed by atoms with Crippen LogP contribution in [0.15, 0.2) is 27.8 Å². The third-order valence-corrected chi connectivity index (χ3v) is 5.63. The van der Waals surface area contributed by atoms with E-state index in [-0.39, 0.29) is 46.0 Å². The second-order valence-electron chi connectivity index (χ2n) is 6.60. The molecule has 1 aromatic carbocycles. The highest BCUT2D eigenvalue weighted by Crippen LogP contribution is 2.20. The summed E-state index contributed by atoms with van der Waals surface area (Å²) in [6.45, 7) is 3.57. The SMILES string of the molecule is CCOC(=O)N1CCN(C(=O)CSc2nnc(CNC(=O)c3c(F)cccc3Cl)o2)CC1. The second kappa shape index (κ2) is 11.1. The Bertz CT molecular complexity index is 963. The quantitative estimate of drug-likeness (QED) is 0.593. The first-order chi connectivity index (χ1) is 15.4. The van der Waals surface area contributed by atoms with Gasteiger partial charge in [-0.3, -0.25) is 9.59 Å². The molecule has 10 nitrogen and oxygen atoms in total. The highest BCUT2D eigenvalue weighted by Gasteiger charge is 2.25. The lowest BCUT2D eigenvalue weighted by atomic mass is 10.2. The molecule has 0 unspecified atom stereocenters. The summed E-state index contributed by atoms with van der Waals surface area (Å²) in [6, 6.07) is 3.95. The molecule has 1 fully saturated rings. The Morgan fingerprint density at radius 2 is 1.94 bits per heavy atom. The molecule has 2 heterocycles. The van der Waals surface area contributed by atoms with Gasteiger partial charge in [-0.05, 0) is 19.1 Å². The van der Waals surface area contributed by atoms with Crippen LogP contribution in [0.5, 0.6) is 0 Å². The topological polar surface area (TPSA) is 118 Å². The standard InChI is InChI=1S/C19H21ClFN5O5S/c1-2-30-19(29)26-8-6-25(7-9-26)15(27)11-32-18-24-23-14(31-18)10-22-17(28)16-12(20)4-3-5-13(16)21/h3-5H,2,6-11H2,1H3,(H,22,28). The molecule has 172 valence electrons. The van der Waals surface area contributed by atoms with Gasteiger partial charge in [0.1, 0.15) is 5.82 Å².